The van der Waals surface area contributed by atoms with Crippen LogP contribution in [0.1, 0.15) is 17.7 Å². The third-order valence-corrected chi connectivity index (χ3v) is 4.04. The van der Waals surface area contributed by atoms with E-state index in [2.05, 4.69) is 22.7 Å². The zero-order valence-corrected chi connectivity index (χ0v) is 14.4. The van der Waals surface area contributed by atoms with Crippen molar-refractivity contribution in [3.8, 4) is 11.3 Å². The molecule has 0 unspecified atom stereocenters. The average molecular weight is 376 g/mol. The first-order valence-electron chi connectivity index (χ1n) is 7.09. The Morgan fingerprint density at radius 1 is 1.17 bits per heavy atom. The number of amides is 1. The molecule has 3 aromatic rings. The van der Waals surface area contributed by atoms with Crippen molar-refractivity contribution in [1.29, 1.82) is 0 Å². The van der Waals surface area contributed by atoms with Crippen molar-refractivity contribution in [2.24, 2.45) is 0 Å². The highest BCUT2D eigenvalue weighted by molar-refractivity contribution is 8.93. The zero-order chi connectivity index (χ0) is 14.4. The average Bonchev–Trinajstić information content (AvgIpc) is 2.84. The van der Waals surface area contributed by atoms with Crippen molar-refractivity contribution < 1.29 is 10.3 Å². The summed E-state index contributed by atoms with van der Waals surface area (Å²) in [6.07, 6.45) is 3.38. The highest BCUT2D eigenvalue weighted by atomic mass is 79.9. The molecule has 1 aromatic carbocycles. The molecule has 0 aliphatic carbocycles. The lowest BCUT2D eigenvalue weighted by molar-refractivity contribution is -0.116. The zero-order valence-electron chi connectivity index (χ0n) is 12.7. The van der Waals surface area contributed by atoms with E-state index in [9.17, 15) is 4.79 Å². The minimum Gasteiger partial charge on any atom is -0.412 e. The monoisotopic (exact) mass is 375 g/mol. The Morgan fingerprint density at radius 3 is 2.78 bits per heavy atom. The Balaban J connectivity index is 0.000000960. The number of fused-ring (bicyclic) bond motifs is 2. The van der Waals surface area contributed by atoms with Crippen LogP contribution in [0.15, 0.2) is 42.6 Å². The van der Waals surface area contributed by atoms with E-state index in [-0.39, 0.29) is 28.4 Å². The number of benzene rings is 1. The van der Waals surface area contributed by atoms with Crippen LogP contribution >= 0.6 is 17.0 Å². The van der Waals surface area contributed by atoms with Crippen LogP contribution in [0.25, 0.3) is 16.9 Å². The summed E-state index contributed by atoms with van der Waals surface area (Å²) in [5, 5.41) is 2.92. The van der Waals surface area contributed by atoms with E-state index in [1.165, 1.54) is 5.56 Å². The van der Waals surface area contributed by atoms with E-state index in [1.807, 2.05) is 36.5 Å². The Kier molecular flexibility index (Phi) is 4.87. The van der Waals surface area contributed by atoms with Gasteiger partial charge in [-0.15, -0.1) is 17.0 Å². The molecular formula is C17H18BrN3O2. The van der Waals surface area contributed by atoms with Gasteiger partial charge in [-0.25, -0.2) is 4.98 Å². The number of carbonyl (C=O) groups excluding carboxylic acids is 1. The molecule has 1 aliphatic heterocycles. The van der Waals surface area contributed by atoms with Gasteiger partial charge in [0.2, 0.25) is 5.91 Å². The van der Waals surface area contributed by atoms with Gasteiger partial charge in [0.25, 0.3) is 0 Å². The summed E-state index contributed by atoms with van der Waals surface area (Å²) in [5.41, 5.74) is 6.30. The highest BCUT2D eigenvalue weighted by Gasteiger charge is 2.17. The van der Waals surface area contributed by atoms with Crippen LogP contribution in [-0.4, -0.2) is 20.8 Å². The second-order valence-corrected chi connectivity index (χ2v) is 5.39. The van der Waals surface area contributed by atoms with E-state index in [4.69, 9.17) is 4.98 Å². The predicted octanol–water partition coefficient (Wildman–Crippen LogP) is 2.95. The van der Waals surface area contributed by atoms with Gasteiger partial charge in [0.05, 0.1) is 5.69 Å². The number of pyridine rings is 1. The lowest BCUT2D eigenvalue weighted by Gasteiger charge is -2.17. The molecule has 3 N–H and O–H groups in total. The summed E-state index contributed by atoms with van der Waals surface area (Å²) in [7, 11) is 0. The van der Waals surface area contributed by atoms with Crippen molar-refractivity contribution in [1.82, 2.24) is 9.38 Å². The number of hydrogen-bond acceptors (Lipinski definition) is 2. The molecule has 0 bridgehead atoms. The summed E-state index contributed by atoms with van der Waals surface area (Å²) in [6.45, 7) is 2.08. The van der Waals surface area contributed by atoms with Crippen molar-refractivity contribution >= 4 is 34.2 Å². The van der Waals surface area contributed by atoms with Gasteiger partial charge >= 0.3 is 0 Å². The number of nitrogens with one attached hydrogen (secondary N) is 1. The number of aryl methyl sites for hydroxylation is 2. The number of hydrogen-bond donors (Lipinski definition) is 1. The first kappa shape index (κ1) is 17.2. The maximum absolute atomic E-state index is 11.4. The van der Waals surface area contributed by atoms with Crippen LogP contribution in [0.2, 0.25) is 0 Å². The summed E-state index contributed by atoms with van der Waals surface area (Å²) in [4.78, 5) is 16.1. The summed E-state index contributed by atoms with van der Waals surface area (Å²) in [5.74, 6) is 0.0964. The molecule has 3 heterocycles. The van der Waals surface area contributed by atoms with E-state index in [0.29, 0.717) is 6.42 Å². The number of rotatable bonds is 1. The fourth-order valence-corrected chi connectivity index (χ4v) is 2.92. The molecule has 0 radical (unpaired) electrons. The molecule has 0 fully saturated rings. The van der Waals surface area contributed by atoms with Crippen molar-refractivity contribution in [2.75, 3.05) is 5.32 Å². The fraction of sp³-hybridized carbons (Fsp3) is 0.176. The standard InChI is InChI=1S/C17H15N3O.BrH.H2O/c1-11-17(19-15-4-2-3-9-20(11)15)13-5-7-14-12(10-13)6-8-16(21)18-14;;/h2-5,7,9-10H,6,8H2,1H3,(H,18,21);1H;1H2. The van der Waals surface area contributed by atoms with Gasteiger partial charge in [-0.2, -0.15) is 0 Å². The third-order valence-electron chi connectivity index (χ3n) is 4.04. The van der Waals surface area contributed by atoms with Gasteiger partial charge < -0.3 is 15.2 Å². The maximum atomic E-state index is 11.4. The van der Waals surface area contributed by atoms with Crippen molar-refractivity contribution in [3.63, 3.8) is 0 Å². The molecule has 0 spiro atoms. The second kappa shape index (κ2) is 6.52. The van der Waals surface area contributed by atoms with E-state index in [0.717, 1.165) is 34.7 Å². The Hall–Kier alpha value is -2.18. The first-order valence-corrected chi connectivity index (χ1v) is 7.09. The minimum atomic E-state index is 0. The quantitative estimate of drug-likeness (QED) is 0.709. The van der Waals surface area contributed by atoms with Gasteiger partial charge in [0.15, 0.2) is 0 Å². The fourth-order valence-electron chi connectivity index (χ4n) is 2.92. The van der Waals surface area contributed by atoms with Crippen LogP contribution in [0.3, 0.4) is 0 Å². The number of aromatic nitrogens is 2. The van der Waals surface area contributed by atoms with Gasteiger partial charge in [-0.05, 0) is 43.2 Å². The summed E-state index contributed by atoms with van der Waals surface area (Å²) >= 11 is 0. The number of carbonyl (C=O) groups is 1. The van der Waals surface area contributed by atoms with E-state index in [1.54, 1.807) is 0 Å². The molecule has 1 aliphatic rings. The molecule has 23 heavy (non-hydrogen) atoms. The third kappa shape index (κ3) is 2.87. The smallest absolute Gasteiger partial charge is 0.224 e. The van der Waals surface area contributed by atoms with Crippen molar-refractivity contribution in [2.45, 2.75) is 19.8 Å². The predicted molar refractivity (Wildman–Crippen MR) is 96.3 cm³/mol. The Labute approximate surface area is 144 Å². The Bertz CT molecular complexity index is 873. The lowest BCUT2D eigenvalue weighted by Crippen LogP contribution is -2.18. The molecular weight excluding hydrogens is 358 g/mol. The molecule has 1 amide bonds. The molecule has 0 atom stereocenters. The van der Waals surface area contributed by atoms with E-state index >= 15 is 0 Å². The topological polar surface area (TPSA) is 77.9 Å². The summed E-state index contributed by atoms with van der Waals surface area (Å²) < 4.78 is 2.09. The van der Waals surface area contributed by atoms with E-state index < -0.39 is 0 Å². The lowest BCUT2D eigenvalue weighted by atomic mass is 9.99. The van der Waals surface area contributed by atoms with Gasteiger partial charge in [0.1, 0.15) is 5.65 Å². The minimum absolute atomic E-state index is 0. The van der Waals surface area contributed by atoms with Gasteiger partial charge in [-0.1, -0.05) is 12.1 Å². The second-order valence-electron chi connectivity index (χ2n) is 5.39. The maximum Gasteiger partial charge on any atom is 0.224 e. The largest absolute Gasteiger partial charge is 0.412 e. The molecule has 4 rings (SSSR count). The van der Waals surface area contributed by atoms with Gasteiger partial charge in [0, 0.05) is 29.6 Å². The molecule has 120 valence electrons. The molecule has 5 nitrogen and oxygen atoms in total. The number of anilines is 1. The molecule has 6 heteroatoms. The molecule has 2 aromatic heterocycles. The molecule has 0 saturated carbocycles. The highest BCUT2D eigenvalue weighted by Crippen LogP contribution is 2.30. The van der Waals surface area contributed by atoms with Gasteiger partial charge in [-0.3, -0.25) is 4.79 Å². The number of imidazole rings is 1. The first-order chi connectivity index (χ1) is 10.2. The SMILES string of the molecule is Br.Cc1c(-c2ccc3c(c2)CCC(=O)N3)nc2ccccn12.O. The summed E-state index contributed by atoms with van der Waals surface area (Å²) in [6, 6.07) is 12.2. The van der Waals surface area contributed by atoms with Crippen LogP contribution in [-0.2, 0) is 11.2 Å². The van der Waals surface area contributed by atoms with Crippen LogP contribution in [0.4, 0.5) is 5.69 Å². The Morgan fingerprint density at radius 2 is 2.00 bits per heavy atom. The van der Waals surface area contributed by atoms with Crippen LogP contribution in [0, 0.1) is 6.92 Å². The number of halogens is 1. The number of nitrogens with zero attached hydrogens (tertiary/aromatic N) is 2. The van der Waals surface area contributed by atoms with Crippen LogP contribution in [0.5, 0.6) is 0 Å². The normalized spacial score (nSPS) is 12.8. The van der Waals surface area contributed by atoms with Crippen molar-refractivity contribution in [3.05, 3.63) is 53.9 Å². The van der Waals surface area contributed by atoms with Crippen LogP contribution < -0.4 is 5.32 Å². The molecule has 0 saturated heterocycles.